The van der Waals surface area contributed by atoms with Gasteiger partial charge in [0.05, 0.1) is 12.3 Å². The Morgan fingerprint density at radius 2 is 1.54 bits per heavy atom. The Kier molecular flexibility index (Phi) is 9.65. The number of nitrogens with zero attached hydrogens (tertiary/aromatic N) is 2. The molecule has 0 saturated heterocycles. The van der Waals surface area contributed by atoms with Gasteiger partial charge in [-0.1, -0.05) is 60.7 Å². The molecule has 5 aromatic rings. The van der Waals surface area contributed by atoms with Gasteiger partial charge in [-0.2, -0.15) is 4.98 Å². The van der Waals surface area contributed by atoms with Crippen LogP contribution in [0.1, 0.15) is 18.4 Å². The van der Waals surface area contributed by atoms with E-state index in [4.69, 9.17) is 14.5 Å². The molecule has 5 rings (SSSR count). The molecule has 0 unspecified atom stereocenters. The summed E-state index contributed by atoms with van der Waals surface area (Å²) in [5.41, 5.74) is 3.31. The summed E-state index contributed by atoms with van der Waals surface area (Å²) in [5, 5.41) is 12.5. The summed E-state index contributed by atoms with van der Waals surface area (Å²) in [6, 6.07) is 29.4. The second kappa shape index (κ2) is 13.3. The molecule has 0 N–H and O–H groups in total. The molecule has 0 fully saturated rings. The first-order valence-electron chi connectivity index (χ1n) is 12.2. The molecule has 0 aliphatic carbocycles. The number of ether oxygens (including phenoxy) is 2. The van der Waals surface area contributed by atoms with Gasteiger partial charge >= 0.3 is 29.6 Å². The van der Waals surface area contributed by atoms with E-state index in [0.717, 1.165) is 33.2 Å². The summed E-state index contributed by atoms with van der Waals surface area (Å²) in [7, 11) is 0. The van der Waals surface area contributed by atoms with Crippen molar-refractivity contribution >= 4 is 16.7 Å². The van der Waals surface area contributed by atoms with Crippen molar-refractivity contribution in [2.75, 3.05) is 6.61 Å². The van der Waals surface area contributed by atoms with Crippen LogP contribution >= 0.6 is 0 Å². The molecule has 1 aromatic heterocycles. The molecule has 39 heavy (non-hydrogen) atoms. The van der Waals surface area contributed by atoms with Gasteiger partial charge < -0.3 is 19.4 Å². The van der Waals surface area contributed by atoms with Crippen LogP contribution < -0.4 is 44.1 Å². The number of carbonyl (C=O) groups excluding carboxylic acids is 1. The maximum Gasteiger partial charge on any atom is 1.00 e. The molecule has 0 amide bonds. The zero-order chi connectivity index (χ0) is 26.3. The third kappa shape index (κ3) is 7.63. The number of carboxylic acids is 1. The predicted molar refractivity (Wildman–Crippen MR) is 141 cm³/mol. The Labute approximate surface area is 247 Å². The molecule has 6 nitrogen and oxygen atoms in total. The minimum absolute atomic E-state index is 0. The average Bonchev–Trinajstić information content (AvgIpc) is 2.95. The third-order valence-electron chi connectivity index (χ3n) is 5.94. The summed E-state index contributed by atoms with van der Waals surface area (Å²) in [6.45, 7) is 0.548. The van der Waals surface area contributed by atoms with Crippen molar-refractivity contribution in [2.24, 2.45) is 0 Å². The van der Waals surface area contributed by atoms with E-state index in [1.54, 1.807) is 18.2 Å². The van der Waals surface area contributed by atoms with Crippen LogP contribution in [0.3, 0.4) is 0 Å². The summed E-state index contributed by atoms with van der Waals surface area (Å²) in [5.74, 6) is 0.225. The van der Waals surface area contributed by atoms with Gasteiger partial charge in [0.25, 0.3) is 0 Å². The molecule has 0 saturated carbocycles. The average molecular weight is 531 g/mol. The maximum atomic E-state index is 13.3. The van der Waals surface area contributed by atoms with Crippen molar-refractivity contribution in [1.29, 1.82) is 0 Å². The quantitative estimate of drug-likeness (QED) is 0.204. The number of fused-ring (bicyclic) bond motifs is 1. The van der Waals surface area contributed by atoms with Crippen LogP contribution in [0.2, 0.25) is 0 Å². The molecule has 1 heterocycles. The van der Waals surface area contributed by atoms with E-state index in [1.165, 1.54) is 12.1 Å². The van der Waals surface area contributed by atoms with Gasteiger partial charge in [-0.25, -0.2) is 9.37 Å². The van der Waals surface area contributed by atoms with Gasteiger partial charge in [0.15, 0.2) is 5.82 Å². The Morgan fingerprint density at radius 1 is 0.795 bits per heavy atom. The first-order chi connectivity index (χ1) is 18.5. The number of rotatable bonds is 10. The normalized spacial score (nSPS) is 10.6. The summed E-state index contributed by atoms with van der Waals surface area (Å²) >= 11 is 0. The summed E-state index contributed by atoms with van der Waals surface area (Å²) < 4.78 is 24.9. The van der Waals surface area contributed by atoms with E-state index < -0.39 is 5.97 Å². The van der Waals surface area contributed by atoms with E-state index in [0.29, 0.717) is 30.5 Å². The van der Waals surface area contributed by atoms with Crippen molar-refractivity contribution in [3.05, 3.63) is 108 Å². The van der Waals surface area contributed by atoms with Gasteiger partial charge in [-0.05, 0) is 59.5 Å². The number of hydrogen-bond acceptors (Lipinski definition) is 6. The van der Waals surface area contributed by atoms with Crippen LogP contribution in [-0.2, 0) is 11.4 Å². The molecule has 0 radical (unpaired) electrons. The standard InChI is InChI=1S/C31H25FN2O4.Na/c32-26-13-8-21(9-14-26)20-38-29-19-28(22-5-2-1-3-6-22)33-31(34-29)25-11-10-24-18-27(15-12-23(24)17-25)37-16-4-7-30(35)36;/h1-3,5-6,8-15,17-19H,4,7,16,20H2,(H,35,36);/q;+1/p-1. The number of aromatic nitrogens is 2. The fourth-order valence-electron chi connectivity index (χ4n) is 3.98. The van der Waals surface area contributed by atoms with E-state index >= 15 is 0 Å². The van der Waals surface area contributed by atoms with Gasteiger partial charge in [-0.15, -0.1) is 0 Å². The van der Waals surface area contributed by atoms with E-state index in [2.05, 4.69) is 4.98 Å². The Hall–Kier alpha value is -3.78. The third-order valence-corrected chi connectivity index (χ3v) is 5.94. The van der Waals surface area contributed by atoms with Crippen LogP contribution in [0.5, 0.6) is 11.6 Å². The SMILES string of the molecule is O=C([O-])CCCOc1ccc2cc(-c3nc(OCc4ccc(F)cc4)cc(-c4ccccc4)n3)ccc2c1.[Na+]. The smallest absolute Gasteiger partial charge is 0.550 e. The first kappa shape index (κ1) is 28.2. The zero-order valence-corrected chi connectivity index (χ0v) is 23.5. The van der Waals surface area contributed by atoms with Crippen molar-refractivity contribution in [3.63, 3.8) is 0 Å². The second-order valence-corrected chi connectivity index (χ2v) is 8.74. The number of benzene rings is 4. The van der Waals surface area contributed by atoms with Crippen molar-refractivity contribution in [1.82, 2.24) is 9.97 Å². The number of carbonyl (C=O) groups is 1. The van der Waals surface area contributed by atoms with Crippen LogP contribution in [-0.4, -0.2) is 22.5 Å². The molecule has 0 spiro atoms. The van der Waals surface area contributed by atoms with Crippen LogP contribution in [0, 0.1) is 5.82 Å². The molecule has 8 heteroatoms. The van der Waals surface area contributed by atoms with Crippen molar-refractivity contribution in [3.8, 4) is 34.3 Å². The molecule has 0 aliphatic heterocycles. The van der Waals surface area contributed by atoms with E-state index in [1.807, 2.05) is 66.7 Å². The minimum Gasteiger partial charge on any atom is -0.550 e. The number of aliphatic carboxylic acids is 1. The summed E-state index contributed by atoms with van der Waals surface area (Å²) in [6.07, 6.45) is 0.356. The molecule has 0 bridgehead atoms. The Morgan fingerprint density at radius 3 is 2.31 bits per heavy atom. The first-order valence-corrected chi connectivity index (χ1v) is 12.2. The van der Waals surface area contributed by atoms with E-state index in [-0.39, 0.29) is 48.4 Å². The largest absolute Gasteiger partial charge is 1.00 e. The molecule has 0 atom stereocenters. The van der Waals surface area contributed by atoms with Crippen molar-refractivity contribution in [2.45, 2.75) is 19.4 Å². The zero-order valence-electron chi connectivity index (χ0n) is 21.5. The minimum atomic E-state index is -1.08. The molecule has 0 aliphatic rings. The van der Waals surface area contributed by atoms with Gasteiger partial charge in [0, 0.05) is 23.2 Å². The molecule has 4 aromatic carbocycles. The fourth-order valence-corrected chi connectivity index (χ4v) is 3.98. The number of halogens is 1. The van der Waals surface area contributed by atoms with Gasteiger partial charge in [-0.3, -0.25) is 0 Å². The molecule has 190 valence electrons. The van der Waals surface area contributed by atoms with Crippen LogP contribution in [0.4, 0.5) is 4.39 Å². The van der Waals surface area contributed by atoms with Crippen LogP contribution in [0.15, 0.2) is 97.1 Å². The van der Waals surface area contributed by atoms with Crippen molar-refractivity contribution < 1.29 is 53.3 Å². The predicted octanol–water partition coefficient (Wildman–Crippen LogP) is 2.59. The second-order valence-electron chi connectivity index (χ2n) is 8.74. The maximum absolute atomic E-state index is 13.3. The number of carboxylic acid groups (broad SMARTS) is 1. The number of hydrogen-bond donors (Lipinski definition) is 0. The molecular weight excluding hydrogens is 506 g/mol. The Balaban J connectivity index is 0.00000353. The van der Waals surface area contributed by atoms with Gasteiger partial charge in [0.2, 0.25) is 5.88 Å². The Bertz CT molecular complexity index is 1560. The fraction of sp³-hybridized carbons (Fsp3) is 0.129. The molecular formula is C31H24FN2NaO4. The monoisotopic (exact) mass is 530 g/mol. The van der Waals surface area contributed by atoms with Gasteiger partial charge in [0.1, 0.15) is 18.2 Å². The van der Waals surface area contributed by atoms with Crippen LogP contribution in [0.25, 0.3) is 33.4 Å². The topological polar surface area (TPSA) is 84.4 Å². The summed E-state index contributed by atoms with van der Waals surface area (Å²) in [4.78, 5) is 20.0. The van der Waals surface area contributed by atoms with E-state index in [9.17, 15) is 14.3 Å².